The highest BCUT2D eigenvalue weighted by Gasteiger charge is 2.25. The fraction of sp³-hybridized carbons (Fsp3) is 0.357. The van der Waals surface area contributed by atoms with Gasteiger partial charge in [0.25, 0.3) is 0 Å². The minimum atomic E-state index is -0.359. The molecular weight excluding hydrogens is 198 g/mol. The van der Waals surface area contributed by atoms with Crippen LogP contribution < -0.4 is 5.32 Å². The van der Waals surface area contributed by atoms with Crippen molar-refractivity contribution in [2.45, 2.75) is 27.2 Å². The molecule has 0 saturated carbocycles. The van der Waals surface area contributed by atoms with Gasteiger partial charge in [-0.05, 0) is 18.6 Å². The van der Waals surface area contributed by atoms with Crippen molar-refractivity contribution in [2.24, 2.45) is 5.41 Å². The van der Waals surface area contributed by atoms with Gasteiger partial charge in [0.1, 0.15) is 0 Å². The highest BCUT2D eigenvalue weighted by molar-refractivity contribution is 5.83. The molecule has 0 aliphatic carbocycles. The minimum Gasteiger partial charge on any atom is -0.326 e. The summed E-state index contributed by atoms with van der Waals surface area (Å²) < 4.78 is 0. The quantitative estimate of drug-likeness (QED) is 0.682. The Labute approximate surface area is 98.4 Å². The second-order valence-electron chi connectivity index (χ2n) is 4.14. The third-order valence-electron chi connectivity index (χ3n) is 2.47. The SMILES string of the molecule is C=C/C=C\C(=C/C=C)NC(=O)C(C)(C)CC. The molecule has 0 aromatic heterocycles. The number of carbonyl (C=O) groups is 1. The Hall–Kier alpha value is -1.57. The van der Waals surface area contributed by atoms with E-state index in [4.69, 9.17) is 0 Å². The molecule has 0 saturated heterocycles. The van der Waals surface area contributed by atoms with E-state index in [2.05, 4.69) is 18.5 Å². The molecule has 1 N–H and O–H groups in total. The van der Waals surface area contributed by atoms with Crippen LogP contribution in [0.15, 0.2) is 49.2 Å². The molecular formula is C14H21NO. The lowest BCUT2D eigenvalue weighted by Crippen LogP contribution is -2.35. The molecule has 0 heterocycles. The lowest BCUT2D eigenvalue weighted by molar-refractivity contribution is -0.128. The Morgan fingerprint density at radius 2 is 1.94 bits per heavy atom. The molecule has 2 nitrogen and oxygen atoms in total. The lowest BCUT2D eigenvalue weighted by atomic mass is 9.89. The second-order valence-corrected chi connectivity index (χ2v) is 4.14. The van der Waals surface area contributed by atoms with Crippen molar-refractivity contribution in [3.63, 3.8) is 0 Å². The van der Waals surface area contributed by atoms with Crippen LogP contribution in [0.4, 0.5) is 0 Å². The average molecular weight is 219 g/mol. The third kappa shape index (κ3) is 4.78. The first-order valence-corrected chi connectivity index (χ1v) is 5.41. The van der Waals surface area contributed by atoms with Crippen molar-refractivity contribution in [2.75, 3.05) is 0 Å². The van der Waals surface area contributed by atoms with Crippen LogP contribution in [-0.2, 0) is 4.79 Å². The van der Waals surface area contributed by atoms with E-state index in [1.54, 1.807) is 30.4 Å². The van der Waals surface area contributed by atoms with E-state index in [0.29, 0.717) is 0 Å². The van der Waals surface area contributed by atoms with Crippen LogP contribution in [0.3, 0.4) is 0 Å². The summed E-state index contributed by atoms with van der Waals surface area (Å²) in [6.07, 6.45) is 9.41. The fourth-order valence-corrected chi connectivity index (χ4v) is 0.898. The van der Waals surface area contributed by atoms with Crippen LogP contribution in [0, 0.1) is 5.41 Å². The molecule has 0 radical (unpaired) electrons. The number of rotatable bonds is 6. The summed E-state index contributed by atoms with van der Waals surface area (Å²) in [7, 11) is 0. The minimum absolute atomic E-state index is 0.0109. The van der Waals surface area contributed by atoms with E-state index in [9.17, 15) is 4.79 Å². The van der Waals surface area contributed by atoms with Gasteiger partial charge in [0.05, 0.1) is 0 Å². The molecule has 1 amide bonds. The largest absolute Gasteiger partial charge is 0.326 e. The van der Waals surface area contributed by atoms with E-state index in [1.807, 2.05) is 20.8 Å². The van der Waals surface area contributed by atoms with Crippen LogP contribution in [0.2, 0.25) is 0 Å². The zero-order valence-electron chi connectivity index (χ0n) is 10.4. The van der Waals surface area contributed by atoms with E-state index in [1.165, 1.54) is 0 Å². The molecule has 0 aromatic carbocycles. The van der Waals surface area contributed by atoms with Gasteiger partial charge >= 0.3 is 0 Å². The van der Waals surface area contributed by atoms with E-state index < -0.39 is 0 Å². The number of amides is 1. The van der Waals surface area contributed by atoms with Gasteiger partial charge in [0.15, 0.2) is 0 Å². The molecule has 0 aliphatic heterocycles. The second kappa shape index (κ2) is 6.83. The molecule has 0 bridgehead atoms. The van der Waals surface area contributed by atoms with Crippen LogP contribution in [-0.4, -0.2) is 5.91 Å². The number of hydrogen-bond donors (Lipinski definition) is 1. The van der Waals surface area contributed by atoms with Crippen molar-refractivity contribution in [1.82, 2.24) is 5.32 Å². The summed E-state index contributed by atoms with van der Waals surface area (Å²) in [4.78, 5) is 11.9. The predicted molar refractivity (Wildman–Crippen MR) is 69.8 cm³/mol. The van der Waals surface area contributed by atoms with Crippen LogP contribution in [0.5, 0.6) is 0 Å². The monoisotopic (exact) mass is 219 g/mol. The molecule has 0 unspecified atom stereocenters. The van der Waals surface area contributed by atoms with Crippen LogP contribution in [0.1, 0.15) is 27.2 Å². The molecule has 0 aliphatic rings. The van der Waals surface area contributed by atoms with Gasteiger partial charge in [-0.3, -0.25) is 4.79 Å². The Morgan fingerprint density at radius 1 is 1.31 bits per heavy atom. The van der Waals surface area contributed by atoms with E-state index in [-0.39, 0.29) is 11.3 Å². The van der Waals surface area contributed by atoms with Gasteiger partial charge < -0.3 is 5.32 Å². The summed E-state index contributed by atoms with van der Waals surface area (Å²) in [6, 6.07) is 0. The third-order valence-corrected chi connectivity index (χ3v) is 2.47. The van der Waals surface area contributed by atoms with Crippen LogP contribution >= 0.6 is 0 Å². The zero-order chi connectivity index (χ0) is 12.6. The molecule has 16 heavy (non-hydrogen) atoms. The molecule has 0 atom stereocenters. The Bertz CT molecular complexity index is 322. The predicted octanol–water partition coefficient (Wildman–Crippen LogP) is 3.35. The summed E-state index contributed by atoms with van der Waals surface area (Å²) in [5, 5.41) is 2.86. The average Bonchev–Trinajstić information content (AvgIpc) is 2.26. The summed E-state index contributed by atoms with van der Waals surface area (Å²) in [5.41, 5.74) is 0.365. The van der Waals surface area contributed by atoms with Crippen LogP contribution in [0.25, 0.3) is 0 Å². The molecule has 0 aromatic rings. The lowest BCUT2D eigenvalue weighted by Gasteiger charge is -2.21. The van der Waals surface area contributed by atoms with Gasteiger partial charge in [0.2, 0.25) is 5.91 Å². The Balaban J connectivity index is 4.71. The topological polar surface area (TPSA) is 29.1 Å². The van der Waals surface area contributed by atoms with E-state index in [0.717, 1.165) is 12.1 Å². The number of nitrogens with one attached hydrogen (secondary N) is 1. The summed E-state index contributed by atoms with van der Waals surface area (Å²) in [5.74, 6) is 0.0109. The smallest absolute Gasteiger partial charge is 0.230 e. The van der Waals surface area contributed by atoms with Crippen molar-refractivity contribution in [3.05, 3.63) is 49.2 Å². The number of carbonyl (C=O) groups excluding carboxylic acids is 1. The normalized spacial score (nSPS) is 12.6. The van der Waals surface area contributed by atoms with E-state index >= 15 is 0 Å². The first kappa shape index (κ1) is 14.4. The molecule has 2 heteroatoms. The van der Waals surface area contributed by atoms with Gasteiger partial charge in [-0.1, -0.05) is 52.2 Å². The highest BCUT2D eigenvalue weighted by Crippen LogP contribution is 2.20. The summed E-state index contributed by atoms with van der Waals surface area (Å²) in [6.45, 7) is 13.0. The molecule has 0 spiro atoms. The zero-order valence-corrected chi connectivity index (χ0v) is 10.4. The van der Waals surface area contributed by atoms with Crippen molar-refractivity contribution < 1.29 is 4.79 Å². The van der Waals surface area contributed by atoms with Crippen molar-refractivity contribution >= 4 is 5.91 Å². The number of allylic oxidation sites excluding steroid dienone is 5. The maximum Gasteiger partial charge on any atom is 0.230 e. The van der Waals surface area contributed by atoms with Gasteiger partial charge in [0, 0.05) is 11.1 Å². The Morgan fingerprint density at radius 3 is 2.38 bits per heavy atom. The molecule has 0 fully saturated rings. The molecule has 88 valence electrons. The van der Waals surface area contributed by atoms with Gasteiger partial charge in [-0.25, -0.2) is 0 Å². The maximum atomic E-state index is 11.9. The van der Waals surface area contributed by atoms with Gasteiger partial charge in [-0.2, -0.15) is 0 Å². The maximum absolute atomic E-state index is 11.9. The van der Waals surface area contributed by atoms with Crippen molar-refractivity contribution in [1.29, 1.82) is 0 Å². The summed E-state index contributed by atoms with van der Waals surface area (Å²) >= 11 is 0. The highest BCUT2D eigenvalue weighted by atomic mass is 16.2. The van der Waals surface area contributed by atoms with Gasteiger partial charge in [-0.15, -0.1) is 0 Å². The first-order valence-electron chi connectivity index (χ1n) is 5.41. The molecule has 0 rings (SSSR count). The first-order chi connectivity index (χ1) is 7.47. The number of hydrogen-bond acceptors (Lipinski definition) is 1. The van der Waals surface area contributed by atoms with Crippen molar-refractivity contribution in [3.8, 4) is 0 Å². The standard InChI is InChI=1S/C14H21NO/c1-6-9-11-12(10-7-2)15-13(16)14(4,5)8-3/h6-7,9-11H,1-2,8H2,3-5H3,(H,15,16)/b11-9-,12-10+. The fourth-order valence-electron chi connectivity index (χ4n) is 0.898. The Kier molecular flexibility index (Phi) is 6.16.